The van der Waals surface area contributed by atoms with Gasteiger partial charge in [0, 0.05) is 12.1 Å². The van der Waals surface area contributed by atoms with E-state index in [1.54, 1.807) is 0 Å². The Labute approximate surface area is 95.3 Å². The van der Waals surface area contributed by atoms with Crippen LogP contribution in [0.5, 0.6) is 0 Å². The summed E-state index contributed by atoms with van der Waals surface area (Å²) in [6.07, 6.45) is 12.4. The van der Waals surface area contributed by atoms with Crippen LogP contribution in [0.2, 0.25) is 0 Å². The van der Waals surface area contributed by atoms with Crippen LogP contribution in [0.3, 0.4) is 0 Å². The quantitative estimate of drug-likeness (QED) is 0.654. The zero-order valence-corrected chi connectivity index (χ0v) is 10.6. The van der Waals surface area contributed by atoms with Crippen LogP contribution < -0.4 is 5.32 Å². The molecule has 3 unspecified atom stereocenters. The Hall–Kier alpha value is -0.300. The molecule has 0 aliphatic heterocycles. The van der Waals surface area contributed by atoms with Crippen LogP contribution in [0.25, 0.3) is 0 Å². The first-order valence-electron chi connectivity index (χ1n) is 6.67. The summed E-state index contributed by atoms with van der Waals surface area (Å²) in [5, 5.41) is 3.82. The normalized spacial score (nSPS) is 25.1. The number of hydrogen-bond donors (Lipinski definition) is 1. The number of nitrogens with one attached hydrogen (secondary N) is 1. The Morgan fingerprint density at radius 3 is 2.60 bits per heavy atom. The van der Waals surface area contributed by atoms with E-state index in [4.69, 9.17) is 0 Å². The van der Waals surface area contributed by atoms with Gasteiger partial charge in [0.25, 0.3) is 0 Å². The van der Waals surface area contributed by atoms with E-state index in [1.165, 1.54) is 38.5 Å². The minimum Gasteiger partial charge on any atom is -0.311 e. The monoisotopic (exact) mass is 209 g/mol. The standard InChI is InChI=1S/C14H27N/c1-4-12(3)11-13(5-2)15-14-9-7-6-8-10-14/h6-7,12-15H,4-5,8-11H2,1-3H3. The van der Waals surface area contributed by atoms with Gasteiger partial charge >= 0.3 is 0 Å². The van der Waals surface area contributed by atoms with E-state index in [-0.39, 0.29) is 0 Å². The van der Waals surface area contributed by atoms with Crippen LogP contribution in [0.4, 0.5) is 0 Å². The summed E-state index contributed by atoms with van der Waals surface area (Å²) < 4.78 is 0. The van der Waals surface area contributed by atoms with E-state index in [0.29, 0.717) is 0 Å². The molecule has 0 heterocycles. The minimum absolute atomic E-state index is 0.733. The molecule has 0 saturated carbocycles. The van der Waals surface area contributed by atoms with Gasteiger partial charge in [0.15, 0.2) is 0 Å². The predicted molar refractivity (Wildman–Crippen MR) is 68.1 cm³/mol. The van der Waals surface area contributed by atoms with E-state index in [0.717, 1.165) is 18.0 Å². The maximum atomic E-state index is 3.82. The molecule has 1 nitrogen and oxygen atoms in total. The molecule has 1 rings (SSSR count). The van der Waals surface area contributed by atoms with Gasteiger partial charge in [0.1, 0.15) is 0 Å². The molecular weight excluding hydrogens is 182 g/mol. The van der Waals surface area contributed by atoms with Crippen LogP contribution >= 0.6 is 0 Å². The molecule has 0 aromatic rings. The van der Waals surface area contributed by atoms with Gasteiger partial charge in [-0.15, -0.1) is 0 Å². The lowest BCUT2D eigenvalue weighted by Crippen LogP contribution is -2.39. The van der Waals surface area contributed by atoms with E-state index in [1.807, 2.05) is 0 Å². The van der Waals surface area contributed by atoms with Crippen molar-refractivity contribution < 1.29 is 0 Å². The fourth-order valence-corrected chi connectivity index (χ4v) is 2.28. The number of rotatable bonds is 6. The molecule has 0 bridgehead atoms. The van der Waals surface area contributed by atoms with Crippen molar-refractivity contribution >= 4 is 0 Å². The first kappa shape index (κ1) is 12.8. The Bertz CT molecular complexity index is 186. The van der Waals surface area contributed by atoms with E-state index < -0.39 is 0 Å². The summed E-state index contributed by atoms with van der Waals surface area (Å²) in [4.78, 5) is 0. The number of allylic oxidation sites excluding steroid dienone is 1. The van der Waals surface area contributed by atoms with Crippen molar-refractivity contribution in [3.8, 4) is 0 Å². The average molecular weight is 209 g/mol. The molecule has 0 aromatic carbocycles. The highest BCUT2D eigenvalue weighted by molar-refractivity contribution is 4.93. The van der Waals surface area contributed by atoms with E-state index >= 15 is 0 Å². The van der Waals surface area contributed by atoms with Gasteiger partial charge in [0.2, 0.25) is 0 Å². The first-order valence-corrected chi connectivity index (χ1v) is 6.67. The van der Waals surface area contributed by atoms with Gasteiger partial charge in [-0.2, -0.15) is 0 Å². The molecule has 0 aromatic heterocycles. The van der Waals surface area contributed by atoms with Gasteiger partial charge < -0.3 is 5.32 Å². The molecular formula is C14H27N. The maximum Gasteiger partial charge on any atom is 0.0107 e. The van der Waals surface area contributed by atoms with Crippen molar-refractivity contribution in [2.24, 2.45) is 5.92 Å². The summed E-state index contributed by atoms with van der Waals surface area (Å²) in [5.74, 6) is 0.863. The second-order valence-corrected chi connectivity index (χ2v) is 5.00. The average Bonchev–Trinajstić information content (AvgIpc) is 2.29. The molecule has 0 spiro atoms. The zero-order valence-electron chi connectivity index (χ0n) is 10.6. The smallest absolute Gasteiger partial charge is 0.0107 e. The molecule has 1 aliphatic carbocycles. The second-order valence-electron chi connectivity index (χ2n) is 5.00. The summed E-state index contributed by atoms with van der Waals surface area (Å²) in [6.45, 7) is 6.96. The van der Waals surface area contributed by atoms with Crippen LogP contribution in [0.1, 0.15) is 59.3 Å². The lowest BCUT2D eigenvalue weighted by molar-refractivity contribution is 0.336. The van der Waals surface area contributed by atoms with Gasteiger partial charge in [-0.3, -0.25) is 0 Å². The molecule has 88 valence electrons. The summed E-state index contributed by atoms with van der Waals surface area (Å²) in [7, 11) is 0. The minimum atomic E-state index is 0.733. The van der Waals surface area contributed by atoms with Gasteiger partial charge in [0.05, 0.1) is 0 Å². The predicted octanol–water partition coefficient (Wildman–Crippen LogP) is 3.90. The fourth-order valence-electron chi connectivity index (χ4n) is 2.28. The third kappa shape index (κ3) is 4.83. The molecule has 0 saturated heterocycles. The van der Waals surface area contributed by atoms with Crippen LogP contribution in [0.15, 0.2) is 12.2 Å². The first-order chi connectivity index (χ1) is 7.26. The lowest BCUT2D eigenvalue weighted by atomic mass is 9.95. The van der Waals surface area contributed by atoms with Crippen LogP contribution in [-0.4, -0.2) is 12.1 Å². The molecule has 0 amide bonds. The van der Waals surface area contributed by atoms with Crippen molar-refractivity contribution in [2.45, 2.75) is 71.4 Å². The van der Waals surface area contributed by atoms with Gasteiger partial charge in [-0.1, -0.05) is 39.3 Å². The van der Waals surface area contributed by atoms with Crippen LogP contribution in [-0.2, 0) is 0 Å². The Morgan fingerprint density at radius 2 is 2.07 bits per heavy atom. The van der Waals surface area contributed by atoms with Crippen molar-refractivity contribution in [3.05, 3.63) is 12.2 Å². The van der Waals surface area contributed by atoms with Crippen molar-refractivity contribution in [1.29, 1.82) is 0 Å². The van der Waals surface area contributed by atoms with E-state index in [9.17, 15) is 0 Å². The topological polar surface area (TPSA) is 12.0 Å². The highest BCUT2D eigenvalue weighted by atomic mass is 14.9. The molecule has 3 atom stereocenters. The van der Waals surface area contributed by atoms with Gasteiger partial charge in [-0.05, 0) is 38.0 Å². The molecule has 1 N–H and O–H groups in total. The second kappa shape index (κ2) is 7.05. The molecule has 15 heavy (non-hydrogen) atoms. The third-order valence-electron chi connectivity index (χ3n) is 3.62. The SMILES string of the molecule is CCC(C)CC(CC)NC1CC=CCC1. The molecule has 0 fully saturated rings. The van der Waals surface area contributed by atoms with Crippen molar-refractivity contribution in [3.63, 3.8) is 0 Å². The Balaban J connectivity index is 2.29. The van der Waals surface area contributed by atoms with Crippen LogP contribution in [0, 0.1) is 5.92 Å². The number of hydrogen-bond acceptors (Lipinski definition) is 1. The van der Waals surface area contributed by atoms with Gasteiger partial charge in [-0.25, -0.2) is 0 Å². The summed E-state index contributed by atoms with van der Waals surface area (Å²) in [5.41, 5.74) is 0. The third-order valence-corrected chi connectivity index (χ3v) is 3.62. The summed E-state index contributed by atoms with van der Waals surface area (Å²) >= 11 is 0. The summed E-state index contributed by atoms with van der Waals surface area (Å²) in [6, 6.07) is 1.47. The zero-order chi connectivity index (χ0) is 11.1. The molecule has 0 radical (unpaired) electrons. The largest absolute Gasteiger partial charge is 0.311 e. The maximum absolute atomic E-state index is 3.82. The molecule has 1 aliphatic rings. The fraction of sp³-hybridized carbons (Fsp3) is 0.857. The van der Waals surface area contributed by atoms with Crippen molar-refractivity contribution in [1.82, 2.24) is 5.32 Å². The Kier molecular flexibility index (Phi) is 6.00. The Morgan fingerprint density at radius 1 is 1.27 bits per heavy atom. The highest BCUT2D eigenvalue weighted by Crippen LogP contribution is 2.16. The van der Waals surface area contributed by atoms with E-state index in [2.05, 4.69) is 38.2 Å². The highest BCUT2D eigenvalue weighted by Gasteiger charge is 2.16. The molecule has 1 heteroatoms. The van der Waals surface area contributed by atoms with Crippen molar-refractivity contribution in [2.75, 3.05) is 0 Å². The lowest BCUT2D eigenvalue weighted by Gasteiger charge is -2.27.